The first-order valence-corrected chi connectivity index (χ1v) is 23.8. The van der Waals surface area contributed by atoms with Gasteiger partial charge < -0.3 is 69.1 Å². The molecule has 5 amide bonds. The topological polar surface area (TPSA) is 333 Å². The first kappa shape index (κ1) is 52.6. The minimum Gasteiger partial charge on any atom is -0.508 e. The van der Waals surface area contributed by atoms with Crippen LogP contribution in [-0.4, -0.2) is 110 Å². The number of carboxylic acid groups (broad SMARTS) is 1. The van der Waals surface area contributed by atoms with E-state index in [1.807, 2.05) is 48.5 Å². The number of fused-ring (bicyclic) bond motifs is 2. The largest absolute Gasteiger partial charge is 0.508 e. The van der Waals surface area contributed by atoms with Crippen LogP contribution < -0.4 is 43.8 Å². The minimum atomic E-state index is -1.39. The van der Waals surface area contributed by atoms with E-state index >= 15 is 0 Å². The van der Waals surface area contributed by atoms with E-state index in [1.54, 1.807) is 36.7 Å². The Morgan fingerprint density at radius 2 is 0.845 bits per heavy atom. The third-order valence-electron chi connectivity index (χ3n) is 12.3. The zero-order valence-corrected chi connectivity index (χ0v) is 39.4. The summed E-state index contributed by atoms with van der Waals surface area (Å²) in [6.07, 6.45) is 5.42. The highest BCUT2D eigenvalue weighted by Crippen LogP contribution is 2.22. The maximum atomic E-state index is 14.6. The number of aromatic amines is 2. The van der Waals surface area contributed by atoms with Gasteiger partial charge in [0.05, 0.1) is 6.04 Å². The molecule has 2 aromatic heterocycles. The molecule has 4 aromatic carbocycles. The summed E-state index contributed by atoms with van der Waals surface area (Å²) in [6, 6.07) is 19.5. The first-order valence-electron chi connectivity index (χ1n) is 23.8. The summed E-state index contributed by atoms with van der Waals surface area (Å²) in [5.41, 5.74) is 22.2. The van der Waals surface area contributed by atoms with Gasteiger partial charge in [-0.25, -0.2) is 4.79 Å². The molecule has 0 aliphatic rings. The summed E-state index contributed by atoms with van der Waals surface area (Å²) in [5.74, 6) is -4.83. The molecule has 0 spiro atoms. The van der Waals surface area contributed by atoms with Gasteiger partial charge in [0.15, 0.2) is 0 Å². The molecule has 0 saturated heterocycles. The molecule has 19 nitrogen and oxygen atoms in total. The number of unbranched alkanes of at least 4 members (excludes halogenated alkanes) is 2. The number of carbonyl (C=O) groups is 6. The smallest absolute Gasteiger partial charge is 0.326 e. The second kappa shape index (κ2) is 25.7. The average Bonchev–Trinajstić information content (AvgIpc) is 3.97. The van der Waals surface area contributed by atoms with E-state index in [-0.39, 0.29) is 50.0 Å². The van der Waals surface area contributed by atoms with Crippen molar-refractivity contribution in [2.24, 2.45) is 17.2 Å². The number of para-hydroxylation sites is 2. The number of nitrogens with two attached hydrogens (primary N) is 3. The molecule has 6 rings (SSSR count). The van der Waals surface area contributed by atoms with E-state index in [2.05, 4.69) is 36.6 Å². The summed E-state index contributed by atoms with van der Waals surface area (Å²) in [6.45, 7) is 0.605. The molecule has 6 aromatic rings. The molecule has 0 fully saturated rings. The van der Waals surface area contributed by atoms with Crippen LogP contribution in [0, 0.1) is 0 Å². The van der Waals surface area contributed by atoms with Crippen LogP contribution in [0.3, 0.4) is 0 Å². The Hall–Kier alpha value is -7.74. The van der Waals surface area contributed by atoms with Crippen molar-refractivity contribution < 1.29 is 44.1 Å². The number of carbonyl (C=O) groups excluding carboxylic acids is 5. The molecule has 0 aliphatic carbocycles. The van der Waals surface area contributed by atoms with E-state index in [0.717, 1.165) is 21.8 Å². The summed E-state index contributed by atoms with van der Waals surface area (Å²) < 4.78 is 0. The summed E-state index contributed by atoms with van der Waals surface area (Å²) in [7, 11) is 0. The molecule has 71 heavy (non-hydrogen) atoms. The highest BCUT2D eigenvalue weighted by atomic mass is 16.4. The molecular weight excluding hydrogens is 909 g/mol. The van der Waals surface area contributed by atoms with Gasteiger partial charge in [0.1, 0.15) is 41.7 Å². The van der Waals surface area contributed by atoms with Gasteiger partial charge in [0.25, 0.3) is 0 Å². The summed E-state index contributed by atoms with van der Waals surface area (Å²) in [5, 5.41) is 45.0. The molecule has 0 unspecified atom stereocenters. The Labute approximate surface area is 410 Å². The van der Waals surface area contributed by atoms with Crippen molar-refractivity contribution in [1.82, 2.24) is 36.6 Å². The Morgan fingerprint density at radius 1 is 0.465 bits per heavy atom. The summed E-state index contributed by atoms with van der Waals surface area (Å²) >= 11 is 0. The second-order valence-corrected chi connectivity index (χ2v) is 17.7. The minimum absolute atomic E-state index is 0.00972. The Bertz CT molecular complexity index is 2740. The number of amides is 5. The van der Waals surface area contributed by atoms with Gasteiger partial charge in [-0.1, -0.05) is 60.7 Å². The van der Waals surface area contributed by atoms with Crippen molar-refractivity contribution >= 4 is 57.3 Å². The van der Waals surface area contributed by atoms with Gasteiger partial charge >= 0.3 is 5.97 Å². The Morgan fingerprint density at radius 3 is 1.28 bits per heavy atom. The number of aromatic hydroxyl groups is 2. The van der Waals surface area contributed by atoms with E-state index in [4.69, 9.17) is 17.2 Å². The van der Waals surface area contributed by atoms with Crippen LogP contribution in [0.2, 0.25) is 0 Å². The third-order valence-corrected chi connectivity index (χ3v) is 12.3. The van der Waals surface area contributed by atoms with Crippen LogP contribution in [0.25, 0.3) is 21.8 Å². The number of aliphatic carboxylic acids is 1. The number of phenols is 2. The zero-order chi connectivity index (χ0) is 50.9. The predicted molar refractivity (Wildman–Crippen MR) is 269 cm³/mol. The number of rotatable bonds is 27. The second-order valence-electron chi connectivity index (χ2n) is 17.7. The van der Waals surface area contributed by atoms with Crippen LogP contribution in [-0.2, 0) is 54.5 Å². The van der Waals surface area contributed by atoms with Gasteiger partial charge in [-0.3, -0.25) is 24.0 Å². The van der Waals surface area contributed by atoms with Crippen molar-refractivity contribution in [3.63, 3.8) is 0 Å². The van der Waals surface area contributed by atoms with Gasteiger partial charge in [0.2, 0.25) is 29.5 Å². The lowest BCUT2D eigenvalue weighted by Gasteiger charge is -2.27. The number of aromatic nitrogens is 2. The van der Waals surface area contributed by atoms with Gasteiger partial charge in [-0.15, -0.1) is 0 Å². The lowest BCUT2D eigenvalue weighted by Crippen LogP contribution is -2.60. The molecule has 0 bridgehead atoms. The molecule has 0 aliphatic heterocycles. The van der Waals surface area contributed by atoms with Crippen molar-refractivity contribution in [2.45, 2.75) is 100 Å². The van der Waals surface area contributed by atoms with Crippen molar-refractivity contribution in [3.05, 3.63) is 132 Å². The van der Waals surface area contributed by atoms with E-state index in [0.29, 0.717) is 61.0 Å². The van der Waals surface area contributed by atoms with Crippen LogP contribution in [0.5, 0.6) is 11.5 Å². The van der Waals surface area contributed by atoms with Crippen LogP contribution in [0.15, 0.2) is 109 Å². The summed E-state index contributed by atoms with van der Waals surface area (Å²) in [4.78, 5) is 90.3. The van der Waals surface area contributed by atoms with Crippen LogP contribution >= 0.6 is 0 Å². The fraction of sp³-hybridized carbons (Fsp3) is 0.346. The maximum Gasteiger partial charge on any atom is 0.326 e. The standard InChI is InChI=1S/C52H64N10O9/c53-23-7-5-13-42(58-50(68)44(27-33-29-56-40-11-3-1-9-37(33)40)60-47(65)39(55)25-31-15-19-35(63)20-16-31)48(66)61-45(28-34-30-57-41-12-4-2-10-38(34)41)51(69)59-43(14-6-8-24-54)49(67)62-46(52(70)71)26-32-17-21-36(64)22-18-32/h1-4,9-12,15-22,29-30,39,42-46,56-57,63-64H,5-8,13-14,23-28,53-55H2,(H,58,68)(H,59,69)(H,60,65)(H,61,66)(H,62,67)(H,70,71)/t39-,42-,43-,44-,45-,46-/m0/s1. The lowest BCUT2D eigenvalue weighted by atomic mass is 10.0. The number of hydrogen-bond acceptors (Lipinski definition) is 11. The van der Waals surface area contributed by atoms with Crippen LogP contribution in [0.1, 0.15) is 60.8 Å². The van der Waals surface area contributed by atoms with E-state index in [9.17, 15) is 44.1 Å². The number of phenolic OH excluding ortho intramolecular Hbond substituents is 2. The van der Waals surface area contributed by atoms with Gasteiger partial charge in [-0.05, 0) is 117 Å². The third kappa shape index (κ3) is 15.1. The Kier molecular flexibility index (Phi) is 19.1. The molecule has 6 atom stereocenters. The SMILES string of the molecule is NCCCC[C@H](NC(=O)[C@H](Cc1c[nH]c2ccccc12)NC(=O)[C@H](CCCCN)NC(=O)[C@H](Cc1c[nH]c2ccccc12)NC(=O)[C@@H](N)Cc1ccc(O)cc1)C(=O)N[C@@H](Cc1ccc(O)cc1)C(=O)O. The predicted octanol–water partition coefficient (Wildman–Crippen LogP) is 2.42. The van der Waals surface area contributed by atoms with Crippen molar-refractivity contribution in [3.8, 4) is 11.5 Å². The Balaban J connectivity index is 1.26. The molecule has 0 saturated carbocycles. The highest BCUT2D eigenvalue weighted by Gasteiger charge is 2.34. The van der Waals surface area contributed by atoms with Crippen molar-refractivity contribution in [1.29, 1.82) is 0 Å². The highest BCUT2D eigenvalue weighted by molar-refractivity contribution is 5.97. The molecule has 16 N–H and O–H groups in total. The van der Waals surface area contributed by atoms with E-state index < -0.39 is 71.8 Å². The van der Waals surface area contributed by atoms with Crippen LogP contribution in [0.4, 0.5) is 0 Å². The molecule has 376 valence electrons. The normalized spacial score (nSPS) is 13.8. The molecule has 19 heteroatoms. The fourth-order valence-corrected chi connectivity index (χ4v) is 8.40. The maximum absolute atomic E-state index is 14.6. The van der Waals surface area contributed by atoms with Gasteiger partial charge in [0, 0.05) is 53.5 Å². The molecular formula is C52H64N10O9. The zero-order valence-electron chi connectivity index (χ0n) is 39.4. The monoisotopic (exact) mass is 972 g/mol. The van der Waals surface area contributed by atoms with Crippen molar-refractivity contribution in [2.75, 3.05) is 13.1 Å². The number of hydrogen-bond donors (Lipinski definition) is 13. The number of benzene rings is 4. The fourth-order valence-electron chi connectivity index (χ4n) is 8.40. The number of nitrogens with one attached hydrogen (secondary N) is 7. The quantitative estimate of drug-likeness (QED) is 0.0331. The van der Waals surface area contributed by atoms with Gasteiger partial charge in [-0.2, -0.15) is 0 Å². The van der Waals surface area contributed by atoms with E-state index in [1.165, 1.54) is 24.3 Å². The molecule has 0 radical (unpaired) electrons. The first-order chi connectivity index (χ1) is 34.2. The lowest BCUT2D eigenvalue weighted by molar-refractivity contribution is -0.142. The molecule has 2 heterocycles. The average molecular weight is 973 g/mol. The number of H-pyrrole nitrogens is 2. The number of carboxylic acids is 1.